The number of halogens is 3. The van der Waals surface area contributed by atoms with Crippen LogP contribution in [0.2, 0.25) is 0 Å². The molecule has 0 aliphatic heterocycles. The number of hydrogen-bond acceptors (Lipinski definition) is 16. The number of carbonyl (C=O) groups excluding carboxylic acids is 1. The van der Waals surface area contributed by atoms with Gasteiger partial charge in [0.05, 0.1) is 38.3 Å². The Morgan fingerprint density at radius 2 is 1.04 bits per heavy atom. The van der Waals surface area contributed by atoms with Crippen LogP contribution in [0, 0.1) is 11.3 Å². The van der Waals surface area contributed by atoms with E-state index < -0.39 is 5.24 Å². The van der Waals surface area contributed by atoms with E-state index in [2.05, 4.69) is 101 Å². The van der Waals surface area contributed by atoms with Gasteiger partial charge >= 0.3 is 0 Å². The van der Waals surface area contributed by atoms with Gasteiger partial charge in [0.1, 0.15) is 17.4 Å². The maximum atomic E-state index is 9.45. The molecule has 0 aliphatic rings. The average Bonchev–Trinajstić information content (AvgIpc) is 1.42. The molecule has 0 saturated carbocycles. The van der Waals surface area contributed by atoms with Crippen LogP contribution in [0.3, 0.4) is 0 Å². The molecule has 0 saturated heterocycles. The zero-order valence-corrected chi connectivity index (χ0v) is 53.5. The predicted molar refractivity (Wildman–Crippen MR) is 379 cm³/mol. The molecular weight excluding hydrogens is 1250 g/mol. The molecule has 10 aromatic carbocycles. The molecule has 0 unspecified atom stereocenters. The standard InChI is InChI=1S/C24H22N4O2.C13H9ClN2O.C11H14N2O.C11H10N2O.C11H7N.C2H2Cl2O.H3NO.2H2/c1-29-20-8-9-22-21(13-20)19(14-26-22)10-11-25-15-23-27-24(28-30-23)18-7-6-16-4-2-3-5-17(16)12-18;14-8-12-15-13(16-17-12)11-6-5-9-3-1-2-4-10(9)7-11;1-14-9-2-3-11-10(6-9)8(4-5-12)7-13-11;12-11(13-14)10-6-5-8-3-1-2-4-9(8)7-10;12-8-9-5-6-10-3-1-2-4-11(10)7-9;3-1-2(4)5;1-2;;/h2-9,12-14,25-26H,10-11,15H2,1H3;1-7H,8H2;2-3,6-7,13H,4-5,12H2,1H3;1-7,14H,(H2,12,13);1-7H;1H2;2H,1H2;2*1H/i;;;;;;;2*1+1. The van der Waals surface area contributed by atoms with Crippen LogP contribution in [0.5, 0.6) is 11.5 Å². The Morgan fingerprint density at radius 3 is 1.49 bits per heavy atom. The predicted octanol–water partition coefficient (Wildman–Crippen LogP) is 15.5. The molecule has 0 radical (unpaired) electrons. The number of H-pyrrole nitrogens is 2. The first kappa shape index (κ1) is 69.2. The van der Waals surface area contributed by atoms with Gasteiger partial charge in [0.25, 0.3) is 0 Å². The average molecular weight is 1320 g/mol. The third-order valence-corrected chi connectivity index (χ3v) is 15.2. The van der Waals surface area contributed by atoms with E-state index in [0.717, 1.165) is 85.5 Å². The maximum Gasteiger partial charge on any atom is 0.241 e. The first-order chi connectivity index (χ1) is 46.0. The molecule has 4 aromatic heterocycles. The van der Waals surface area contributed by atoms with E-state index in [4.69, 9.17) is 80.5 Å². The van der Waals surface area contributed by atoms with Gasteiger partial charge in [-0.15, -0.1) is 23.2 Å². The number of nitrogens with two attached hydrogens (primary N) is 3. The molecule has 14 rings (SSSR count). The minimum atomic E-state index is -0.508. The molecule has 0 atom stereocenters. The summed E-state index contributed by atoms with van der Waals surface area (Å²) in [6.45, 7) is 2.01. The van der Waals surface area contributed by atoms with Crippen molar-refractivity contribution in [2.75, 3.05) is 33.2 Å². The van der Waals surface area contributed by atoms with Crippen LogP contribution in [0.1, 0.15) is 36.9 Å². The molecule has 19 nitrogen and oxygen atoms in total. The number of benzene rings is 10. The first-order valence-corrected chi connectivity index (χ1v) is 30.7. The van der Waals surface area contributed by atoms with Crippen LogP contribution in [-0.4, -0.2) is 84.9 Å². The third kappa shape index (κ3) is 19.2. The molecule has 0 amide bonds. The molecule has 22 heteroatoms. The molecule has 0 bridgehead atoms. The van der Waals surface area contributed by atoms with Gasteiger partial charge in [-0.05, 0) is 158 Å². The number of rotatable bonds is 14. The number of nitrogens with zero attached hydrogens (tertiary/aromatic N) is 6. The number of fused-ring (bicyclic) bond motifs is 6. The van der Waals surface area contributed by atoms with Crippen molar-refractivity contribution in [1.29, 1.82) is 5.26 Å². The molecule has 482 valence electrons. The van der Waals surface area contributed by atoms with Crippen molar-refractivity contribution in [1.82, 2.24) is 35.6 Å². The fraction of sp³-hybridized carbons (Fsp3) is 0.125. The number of nitriles is 1. The highest BCUT2D eigenvalue weighted by molar-refractivity contribution is 6.67. The van der Waals surface area contributed by atoms with Gasteiger partial charge in [0, 0.05) is 53.7 Å². The van der Waals surface area contributed by atoms with E-state index in [-0.39, 0.29) is 20.4 Å². The Labute approximate surface area is 559 Å². The van der Waals surface area contributed by atoms with Crippen molar-refractivity contribution in [3.63, 3.8) is 0 Å². The van der Waals surface area contributed by atoms with Gasteiger partial charge in [0.2, 0.25) is 28.7 Å². The minimum Gasteiger partial charge on any atom is -0.497 e. The molecule has 0 fully saturated rings. The summed E-state index contributed by atoms with van der Waals surface area (Å²) in [6.07, 6.45) is 5.85. The highest BCUT2D eigenvalue weighted by Crippen LogP contribution is 2.27. The second-order valence-electron chi connectivity index (χ2n) is 20.4. The first-order valence-electron chi connectivity index (χ1n) is 29.2. The van der Waals surface area contributed by atoms with Crippen molar-refractivity contribution in [2.24, 2.45) is 22.5 Å². The summed E-state index contributed by atoms with van der Waals surface area (Å²) in [6, 6.07) is 70.2. The fourth-order valence-electron chi connectivity index (χ4n) is 9.75. The lowest BCUT2D eigenvalue weighted by Gasteiger charge is -2.03. The second kappa shape index (κ2) is 35.8. The summed E-state index contributed by atoms with van der Waals surface area (Å²) < 4.78 is 20.9. The number of ether oxygens (including phenoxy) is 2. The number of amidine groups is 1. The summed E-state index contributed by atoms with van der Waals surface area (Å²) in [4.78, 5) is 24.7. The lowest BCUT2D eigenvalue weighted by atomic mass is 10.1. The van der Waals surface area contributed by atoms with Crippen molar-refractivity contribution in [3.8, 4) is 40.3 Å². The smallest absolute Gasteiger partial charge is 0.241 e. The zero-order valence-electron chi connectivity index (χ0n) is 51.2. The molecular formula is C72H71Cl3N12O7. The van der Waals surface area contributed by atoms with Crippen LogP contribution in [0.15, 0.2) is 233 Å². The number of oxime groups is 1. The maximum absolute atomic E-state index is 9.45. The Bertz CT molecular complexity index is 4830. The third-order valence-electron chi connectivity index (χ3n) is 14.4. The summed E-state index contributed by atoms with van der Waals surface area (Å²) in [5, 5.41) is 49.2. The largest absolute Gasteiger partial charge is 0.497 e. The monoisotopic (exact) mass is 1320 g/mol. The van der Waals surface area contributed by atoms with E-state index in [1.807, 2.05) is 170 Å². The molecule has 11 N–H and O–H groups in total. The fourth-order valence-corrected chi connectivity index (χ4v) is 9.86. The van der Waals surface area contributed by atoms with Crippen molar-refractivity contribution >= 4 is 111 Å². The zero-order chi connectivity index (χ0) is 66.6. The summed E-state index contributed by atoms with van der Waals surface area (Å²) in [5.41, 5.74) is 19.1. The van der Waals surface area contributed by atoms with E-state index in [1.54, 1.807) is 14.2 Å². The molecule has 94 heavy (non-hydrogen) atoms. The van der Waals surface area contributed by atoms with Gasteiger partial charge in [-0.2, -0.15) is 15.2 Å². The van der Waals surface area contributed by atoms with Gasteiger partial charge < -0.3 is 55.7 Å². The van der Waals surface area contributed by atoms with Crippen LogP contribution in [-0.2, 0) is 30.1 Å². The quantitative estimate of drug-likeness (QED) is 0.00954. The number of aromatic nitrogens is 6. The van der Waals surface area contributed by atoms with Crippen LogP contribution in [0.4, 0.5) is 0 Å². The normalized spacial score (nSPS) is 10.6. The Morgan fingerprint density at radius 1 is 0.606 bits per heavy atom. The lowest BCUT2D eigenvalue weighted by Crippen LogP contribution is -2.16. The number of hydrogen-bond donors (Lipinski definition) is 8. The second-order valence-corrected chi connectivity index (χ2v) is 21.4. The van der Waals surface area contributed by atoms with Crippen LogP contribution in [0.25, 0.3) is 87.7 Å². The molecule has 0 aliphatic carbocycles. The Balaban J connectivity index is 0.000000192. The topological polar surface area (TPSA) is 312 Å². The summed E-state index contributed by atoms with van der Waals surface area (Å²) in [7, 11) is 3.36. The SMILES string of the molecule is COc1ccc2[nH]cc(CCN)c2c1.COc1ccc2[nH]cc(CCNCc3nc(-c4ccc5ccccc5c4)no3)c2c1.ClCc1nc(-c2ccc3ccccc3c2)no1.N#Cc1ccc2ccccc2c1.N/C(=N/O)c1ccc2ccccc2c1.NO.O=C(Cl)CCl.[2HH].[2HH]. The van der Waals surface area contributed by atoms with Crippen molar-refractivity contribution < 1.29 is 36.6 Å². The van der Waals surface area contributed by atoms with E-state index in [1.165, 1.54) is 38.1 Å². The lowest BCUT2D eigenvalue weighted by molar-refractivity contribution is -0.109. The van der Waals surface area contributed by atoms with Crippen LogP contribution < -0.4 is 32.2 Å². The van der Waals surface area contributed by atoms with Crippen LogP contribution >= 0.6 is 34.8 Å². The minimum absolute atomic E-state index is 0. The van der Waals surface area contributed by atoms with E-state index >= 15 is 0 Å². The van der Waals surface area contributed by atoms with E-state index in [0.29, 0.717) is 42.1 Å². The number of aromatic amines is 2. The number of alkyl halides is 2. The number of methoxy groups -OCH3 is 2. The highest BCUT2D eigenvalue weighted by Gasteiger charge is 2.12. The van der Waals surface area contributed by atoms with Gasteiger partial charge in [0.15, 0.2) is 5.84 Å². The van der Waals surface area contributed by atoms with Crippen molar-refractivity contribution in [3.05, 3.63) is 253 Å². The van der Waals surface area contributed by atoms with Gasteiger partial charge in [-0.25, -0.2) is 5.90 Å². The Hall–Kier alpha value is -10.7. The molecule has 0 spiro atoms. The molecule has 4 heterocycles. The summed E-state index contributed by atoms with van der Waals surface area (Å²) >= 11 is 15.2. The van der Waals surface area contributed by atoms with Crippen molar-refractivity contribution in [2.45, 2.75) is 25.3 Å². The van der Waals surface area contributed by atoms with E-state index in [9.17, 15) is 4.79 Å². The summed E-state index contributed by atoms with van der Waals surface area (Å²) in [5.74, 6) is 7.73. The number of carbonyl (C=O) groups is 1. The highest BCUT2D eigenvalue weighted by atomic mass is 35.5. The molecule has 14 aromatic rings. The van der Waals surface area contributed by atoms with Gasteiger partial charge in [-0.3, -0.25) is 4.79 Å². The number of nitrogens with one attached hydrogen (secondary N) is 3. The van der Waals surface area contributed by atoms with Gasteiger partial charge in [-0.1, -0.05) is 155 Å². The Kier molecular flexibility index (Phi) is 26.4.